The van der Waals surface area contributed by atoms with Crippen LogP contribution >= 0.6 is 0 Å². The van der Waals surface area contributed by atoms with Gasteiger partial charge in [0.1, 0.15) is 10.7 Å². The van der Waals surface area contributed by atoms with Gasteiger partial charge in [-0.25, -0.2) is 12.8 Å². The van der Waals surface area contributed by atoms with Crippen molar-refractivity contribution in [3.05, 3.63) is 59.4 Å². The van der Waals surface area contributed by atoms with Crippen LogP contribution in [0.4, 0.5) is 10.1 Å². The van der Waals surface area contributed by atoms with Gasteiger partial charge in [-0.2, -0.15) is 4.31 Å². The average molecular weight is 364 g/mol. The molecule has 0 aliphatic rings. The molecule has 0 heterocycles. The molecule has 7 heteroatoms. The minimum Gasteiger partial charge on any atom is -0.322 e. The highest BCUT2D eigenvalue weighted by Crippen LogP contribution is 2.22. The fourth-order valence-electron chi connectivity index (χ4n) is 2.45. The van der Waals surface area contributed by atoms with Crippen molar-refractivity contribution >= 4 is 21.6 Å². The van der Waals surface area contributed by atoms with E-state index in [0.29, 0.717) is 5.69 Å². The summed E-state index contributed by atoms with van der Waals surface area (Å²) < 4.78 is 40.4. The Balaban J connectivity index is 2.39. The van der Waals surface area contributed by atoms with Crippen molar-refractivity contribution in [2.45, 2.75) is 25.7 Å². The summed E-state index contributed by atoms with van der Waals surface area (Å²) in [7, 11) is -3.99. The third-order valence-corrected chi connectivity index (χ3v) is 5.97. The molecule has 5 nitrogen and oxygen atoms in total. The van der Waals surface area contributed by atoms with Crippen LogP contribution in [0.3, 0.4) is 0 Å². The number of nitrogens with one attached hydrogen (secondary N) is 1. The summed E-state index contributed by atoms with van der Waals surface area (Å²) in [6, 6.07) is 10.6. The van der Waals surface area contributed by atoms with Crippen LogP contribution in [0.1, 0.15) is 29.8 Å². The number of carbonyl (C=O) groups excluding carboxylic acids is 1. The standard InChI is InChI=1S/C18H21FN2O3S/c1-4-21(5-2)25(23,24)17-12-14(10-11-15(17)19)18(22)20-16-9-7-6-8-13(16)3/h6-12H,4-5H2,1-3H3,(H,20,22). The Bertz CT molecular complexity index is 878. The van der Waals surface area contributed by atoms with Gasteiger partial charge in [0, 0.05) is 24.3 Å². The molecule has 2 aromatic carbocycles. The molecule has 2 rings (SSSR count). The van der Waals surface area contributed by atoms with E-state index in [1.165, 1.54) is 6.07 Å². The maximum atomic E-state index is 14.1. The van der Waals surface area contributed by atoms with Crippen molar-refractivity contribution in [3.63, 3.8) is 0 Å². The fraction of sp³-hybridized carbons (Fsp3) is 0.278. The largest absolute Gasteiger partial charge is 0.322 e. The van der Waals surface area contributed by atoms with Crippen LogP contribution < -0.4 is 5.32 Å². The van der Waals surface area contributed by atoms with E-state index in [9.17, 15) is 17.6 Å². The maximum absolute atomic E-state index is 14.1. The molecule has 1 amide bonds. The summed E-state index contributed by atoms with van der Waals surface area (Å²) in [4.78, 5) is 11.9. The predicted octanol–water partition coefficient (Wildman–Crippen LogP) is 3.42. The Morgan fingerprint density at radius 2 is 1.76 bits per heavy atom. The van der Waals surface area contributed by atoms with Gasteiger partial charge in [-0.15, -0.1) is 0 Å². The minimum absolute atomic E-state index is 0.0791. The van der Waals surface area contributed by atoms with Gasteiger partial charge in [-0.3, -0.25) is 4.79 Å². The van der Waals surface area contributed by atoms with Crippen LogP contribution in [0.25, 0.3) is 0 Å². The van der Waals surface area contributed by atoms with E-state index < -0.39 is 26.6 Å². The Morgan fingerprint density at radius 3 is 2.36 bits per heavy atom. The number of hydrogen-bond donors (Lipinski definition) is 1. The van der Waals surface area contributed by atoms with Crippen LogP contribution in [0.2, 0.25) is 0 Å². The minimum atomic E-state index is -3.99. The Labute approximate surface area is 147 Å². The van der Waals surface area contributed by atoms with Crippen LogP contribution in [-0.2, 0) is 10.0 Å². The number of carbonyl (C=O) groups is 1. The highest BCUT2D eigenvalue weighted by Gasteiger charge is 2.26. The van der Waals surface area contributed by atoms with Gasteiger partial charge in [0.05, 0.1) is 0 Å². The van der Waals surface area contributed by atoms with Crippen molar-refractivity contribution in [1.29, 1.82) is 0 Å². The van der Waals surface area contributed by atoms with Crippen LogP contribution in [0.15, 0.2) is 47.4 Å². The number of aryl methyl sites for hydroxylation is 1. The number of para-hydroxylation sites is 1. The number of anilines is 1. The zero-order valence-corrected chi connectivity index (χ0v) is 15.2. The molecular formula is C18H21FN2O3S. The van der Waals surface area contributed by atoms with Gasteiger partial charge in [-0.1, -0.05) is 32.0 Å². The molecule has 0 saturated heterocycles. The second-order valence-corrected chi connectivity index (χ2v) is 7.41. The van der Waals surface area contributed by atoms with E-state index in [2.05, 4.69) is 5.32 Å². The molecule has 0 spiro atoms. The zero-order chi connectivity index (χ0) is 18.6. The Kier molecular flexibility index (Phi) is 5.92. The number of benzene rings is 2. The molecule has 0 aromatic heterocycles. The topological polar surface area (TPSA) is 66.5 Å². The van der Waals surface area contributed by atoms with Gasteiger partial charge in [-0.05, 0) is 36.8 Å². The van der Waals surface area contributed by atoms with Gasteiger partial charge in [0.2, 0.25) is 10.0 Å². The Hall–Kier alpha value is -2.25. The fourth-order valence-corrected chi connectivity index (χ4v) is 4.00. The normalized spacial score (nSPS) is 11.6. The quantitative estimate of drug-likeness (QED) is 0.854. The molecule has 0 atom stereocenters. The van der Waals surface area contributed by atoms with Crippen molar-refractivity contribution in [3.8, 4) is 0 Å². The molecule has 0 aliphatic heterocycles. The number of sulfonamides is 1. The molecule has 0 bridgehead atoms. The first-order chi connectivity index (χ1) is 11.8. The first-order valence-electron chi connectivity index (χ1n) is 7.98. The van der Waals surface area contributed by atoms with Crippen LogP contribution in [0, 0.1) is 12.7 Å². The van der Waals surface area contributed by atoms with E-state index in [1.807, 2.05) is 19.1 Å². The number of halogens is 1. The van der Waals surface area contributed by atoms with E-state index in [0.717, 1.165) is 22.0 Å². The summed E-state index contributed by atoms with van der Waals surface area (Å²) in [5.41, 5.74) is 1.56. The third kappa shape index (κ3) is 4.05. The zero-order valence-electron chi connectivity index (χ0n) is 14.4. The van der Waals surface area contributed by atoms with Crippen LogP contribution in [-0.4, -0.2) is 31.7 Å². The van der Waals surface area contributed by atoms with Crippen LogP contribution in [0.5, 0.6) is 0 Å². The Morgan fingerprint density at radius 1 is 1.12 bits per heavy atom. The molecule has 0 radical (unpaired) electrons. The third-order valence-electron chi connectivity index (χ3n) is 3.91. The summed E-state index contributed by atoms with van der Waals surface area (Å²) in [6.07, 6.45) is 0. The second-order valence-electron chi connectivity index (χ2n) is 5.50. The summed E-state index contributed by atoms with van der Waals surface area (Å²) in [5.74, 6) is -1.37. The first-order valence-corrected chi connectivity index (χ1v) is 9.42. The van der Waals surface area contributed by atoms with E-state index in [-0.39, 0.29) is 18.7 Å². The molecule has 0 saturated carbocycles. The monoisotopic (exact) mass is 364 g/mol. The average Bonchev–Trinajstić information content (AvgIpc) is 2.58. The molecule has 0 fully saturated rings. The van der Waals surface area contributed by atoms with Gasteiger partial charge in [0.25, 0.3) is 5.91 Å². The lowest BCUT2D eigenvalue weighted by Gasteiger charge is -2.19. The molecule has 2 aromatic rings. The highest BCUT2D eigenvalue weighted by molar-refractivity contribution is 7.89. The molecular weight excluding hydrogens is 343 g/mol. The molecule has 0 unspecified atom stereocenters. The predicted molar refractivity (Wildman–Crippen MR) is 95.6 cm³/mol. The van der Waals surface area contributed by atoms with E-state index >= 15 is 0 Å². The second kappa shape index (κ2) is 7.76. The summed E-state index contributed by atoms with van der Waals surface area (Å²) >= 11 is 0. The first kappa shape index (κ1) is 19.1. The van der Waals surface area contributed by atoms with Gasteiger partial charge in [0.15, 0.2) is 0 Å². The maximum Gasteiger partial charge on any atom is 0.255 e. The van der Waals surface area contributed by atoms with Gasteiger partial charge < -0.3 is 5.32 Å². The molecule has 25 heavy (non-hydrogen) atoms. The van der Waals surface area contributed by atoms with E-state index in [1.54, 1.807) is 26.0 Å². The van der Waals surface area contributed by atoms with Gasteiger partial charge >= 0.3 is 0 Å². The highest BCUT2D eigenvalue weighted by atomic mass is 32.2. The number of nitrogens with zero attached hydrogens (tertiary/aromatic N) is 1. The van der Waals surface area contributed by atoms with Crippen molar-refractivity contribution < 1.29 is 17.6 Å². The van der Waals surface area contributed by atoms with Crippen molar-refractivity contribution in [1.82, 2.24) is 4.31 Å². The van der Waals surface area contributed by atoms with Crippen molar-refractivity contribution in [2.24, 2.45) is 0 Å². The SMILES string of the molecule is CCN(CC)S(=O)(=O)c1cc(C(=O)Nc2ccccc2C)ccc1F. The lowest BCUT2D eigenvalue weighted by molar-refractivity contribution is 0.102. The number of rotatable bonds is 6. The smallest absolute Gasteiger partial charge is 0.255 e. The molecule has 0 aliphatic carbocycles. The number of hydrogen-bond acceptors (Lipinski definition) is 3. The van der Waals surface area contributed by atoms with Crippen molar-refractivity contribution in [2.75, 3.05) is 18.4 Å². The lowest BCUT2D eigenvalue weighted by atomic mass is 10.1. The number of amides is 1. The lowest BCUT2D eigenvalue weighted by Crippen LogP contribution is -2.31. The molecule has 134 valence electrons. The summed E-state index contributed by atoms with van der Waals surface area (Å²) in [5, 5.41) is 2.71. The molecule has 1 N–H and O–H groups in total. The summed E-state index contributed by atoms with van der Waals surface area (Å²) in [6.45, 7) is 5.63. The van der Waals surface area contributed by atoms with E-state index in [4.69, 9.17) is 0 Å².